The van der Waals surface area contributed by atoms with Crippen molar-refractivity contribution in [2.75, 3.05) is 0 Å². The van der Waals surface area contributed by atoms with E-state index < -0.39 is 0 Å². The molecule has 0 amide bonds. The highest BCUT2D eigenvalue weighted by molar-refractivity contribution is 5.08. The third kappa shape index (κ3) is 2.94. The lowest BCUT2D eigenvalue weighted by atomic mass is 9.65. The minimum Gasteiger partial charge on any atom is -0.327 e. The van der Waals surface area contributed by atoms with Crippen LogP contribution in [0.1, 0.15) is 45.6 Å². The molecule has 1 aliphatic rings. The molecule has 102 valence electrons. The van der Waals surface area contributed by atoms with Gasteiger partial charge in [-0.15, -0.1) is 0 Å². The molecule has 0 aliphatic heterocycles. The molecule has 0 aromatic carbocycles. The summed E-state index contributed by atoms with van der Waals surface area (Å²) in [6.07, 6.45) is 8.97. The lowest BCUT2D eigenvalue weighted by molar-refractivity contribution is 0.113. The van der Waals surface area contributed by atoms with Crippen LogP contribution < -0.4 is 5.73 Å². The van der Waals surface area contributed by atoms with Crippen LogP contribution in [0.2, 0.25) is 0 Å². The molecule has 2 N–H and O–H groups in total. The Morgan fingerprint density at radius 1 is 1.44 bits per heavy atom. The zero-order valence-electron chi connectivity index (χ0n) is 12.2. The SMILES string of the molecule is CC1CCC(C(C)(C)Cc2cnn(C)c2)C(N)C1. The smallest absolute Gasteiger partial charge is 0.0521 e. The van der Waals surface area contributed by atoms with Crippen LogP contribution in [-0.4, -0.2) is 15.8 Å². The number of hydrogen-bond donors (Lipinski definition) is 1. The van der Waals surface area contributed by atoms with Gasteiger partial charge in [0.1, 0.15) is 0 Å². The van der Waals surface area contributed by atoms with Gasteiger partial charge < -0.3 is 5.73 Å². The number of aromatic nitrogens is 2. The van der Waals surface area contributed by atoms with Crippen molar-refractivity contribution in [3.8, 4) is 0 Å². The van der Waals surface area contributed by atoms with Crippen molar-refractivity contribution in [2.24, 2.45) is 30.0 Å². The van der Waals surface area contributed by atoms with E-state index in [1.807, 2.05) is 17.9 Å². The van der Waals surface area contributed by atoms with Crippen molar-refractivity contribution in [3.05, 3.63) is 18.0 Å². The first kappa shape index (κ1) is 13.6. The van der Waals surface area contributed by atoms with Crippen LogP contribution in [0.5, 0.6) is 0 Å². The van der Waals surface area contributed by atoms with Crippen LogP contribution in [0, 0.1) is 17.3 Å². The second-order valence-corrected chi connectivity index (χ2v) is 6.88. The van der Waals surface area contributed by atoms with Gasteiger partial charge >= 0.3 is 0 Å². The summed E-state index contributed by atoms with van der Waals surface area (Å²) in [5, 5.41) is 4.26. The van der Waals surface area contributed by atoms with E-state index in [2.05, 4.69) is 32.1 Å². The second kappa shape index (κ2) is 5.04. The summed E-state index contributed by atoms with van der Waals surface area (Å²) in [6, 6.07) is 0.362. The first-order chi connectivity index (χ1) is 8.38. The molecule has 1 saturated carbocycles. The summed E-state index contributed by atoms with van der Waals surface area (Å²) in [6.45, 7) is 7.05. The van der Waals surface area contributed by atoms with E-state index in [-0.39, 0.29) is 5.41 Å². The summed E-state index contributed by atoms with van der Waals surface area (Å²) in [5.41, 5.74) is 7.99. The van der Waals surface area contributed by atoms with Crippen molar-refractivity contribution < 1.29 is 0 Å². The van der Waals surface area contributed by atoms with Crippen molar-refractivity contribution in [1.29, 1.82) is 0 Å². The molecule has 2 rings (SSSR count). The minimum absolute atomic E-state index is 0.266. The molecule has 1 heterocycles. The summed E-state index contributed by atoms with van der Waals surface area (Å²) < 4.78 is 1.88. The van der Waals surface area contributed by atoms with E-state index in [1.165, 1.54) is 24.8 Å². The van der Waals surface area contributed by atoms with Gasteiger partial charge in [-0.05, 0) is 42.1 Å². The summed E-state index contributed by atoms with van der Waals surface area (Å²) >= 11 is 0. The molecule has 1 fully saturated rings. The molecule has 0 radical (unpaired) electrons. The maximum atomic E-state index is 6.39. The Labute approximate surface area is 111 Å². The lowest BCUT2D eigenvalue weighted by Gasteiger charge is -2.42. The fourth-order valence-electron chi connectivity index (χ4n) is 3.62. The molecule has 3 heteroatoms. The first-order valence-electron chi connectivity index (χ1n) is 7.11. The number of aryl methyl sites for hydroxylation is 1. The maximum absolute atomic E-state index is 6.39. The number of nitrogens with zero attached hydrogens (tertiary/aromatic N) is 2. The third-order valence-corrected chi connectivity index (χ3v) is 4.58. The van der Waals surface area contributed by atoms with Gasteiger partial charge in [0, 0.05) is 19.3 Å². The predicted molar refractivity (Wildman–Crippen MR) is 75.2 cm³/mol. The molecule has 1 aliphatic carbocycles. The van der Waals surface area contributed by atoms with E-state index in [0.29, 0.717) is 12.0 Å². The molecule has 1 aromatic heterocycles. The summed E-state index contributed by atoms with van der Waals surface area (Å²) in [5.74, 6) is 1.43. The number of nitrogens with two attached hydrogens (primary N) is 1. The average molecular weight is 249 g/mol. The van der Waals surface area contributed by atoms with Crippen LogP contribution in [-0.2, 0) is 13.5 Å². The minimum atomic E-state index is 0.266. The number of rotatable bonds is 3. The molecule has 0 bridgehead atoms. The van der Waals surface area contributed by atoms with Crippen molar-refractivity contribution in [1.82, 2.24) is 9.78 Å². The van der Waals surface area contributed by atoms with Gasteiger partial charge in [-0.2, -0.15) is 5.10 Å². The average Bonchev–Trinajstić information content (AvgIpc) is 2.62. The fourth-order valence-corrected chi connectivity index (χ4v) is 3.62. The van der Waals surface area contributed by atoms with E-state index in [4.69, 9.17) is 5.73 Å². The standard InChI is InChI=1S/C15H27N3/c1-11-5-6-13(14(16)7-11)15(2,3)8-12-9-17-18(4)10-12/h9-11,13-14H,5-8,16H2,1-4H3. The zero-order chi connectivity index (χ0) is 13.3. The Hall–Kier alpha value is -0.830. The van der Waals surface area contributed by atoms with E-state index in [9.17, 15) is 0 Å². The van der Waals surface area contributed by atoms with Gasteiger partial charge in [-0.25, -0.2) is 0 Å². The molecule has 1 aromatic rings. The van der Waals surface area contributed by atoms with Crippen LogP contribution in [0.4, 0.5) is 0 Å². The van der Waals surface area contributed by atoms with Crippen LogP contribution in [0.15, 0.2) is 12.4 Å². The topological polar surface area (TPSA) is 43.8 Å². The molecule has 3 unspecified atom stereocenters. The van der Waals surface area contributed by atoms with Crippen molar-refractivity contribution >= 4 is 0 Å². The first-order valence-corrected chi connectivity index (χ1v) is 7.11. The predicted octanol–water partition coefficient (Wildman–Crippen LogP) is 2.75. The molecule has 0 saturated heterocycles. The van der Waals surface area contributed by atoms with Crippen LogP contribution in [0.3, 0.4) is 0 Å². The maximum Gasteiger partial charge on any atom is 0.0521 e. The largest absolute Gasteiger partial charge is 0.327 e. The highest BCUT2D eigenvalue weighted by Crippen LogP contribution is 2.41. The highest BCUT2D eigenvalue weighted by atomic mass is 15.2. The Morgan fingerprint density at radius 3 is 2.72 bits per heavy atom. The van der Waals surface area contributed by atoms with E-state index in [1.54, 1.807) is 0 Å². The Kier molecular flexibility index (Phi) is 3.81. The molecular formula is C15H27N3. The van der Waals surface area contributed by atoms with E-state index >= 15 is 0 Å². The highest BCUT2D eigenvalue weighted by Gasteiger charge is 2.37. The van der Waals surface area contributed by atoms with Gasteiger partial charge in [0.25, 0.3) is 0 Å². The molecule has 18 heavy (non-hydrogen) atoms. The van der Waals surface area contributed by atoms with E-state index in [0.717, 1.165) is 12.3 Å². The Balaban J connectivity index is 2.05. The number of hydrogen-bond acceptors (Lipinski definition) is 2. The Bertz CT molecular complexity index is 394. The van der Waals surface area contributed by atoms with Crippen molar-refractivity contribution in [2.45, 2.75) is 52.5 Å². The summed E-state index contributed by atoms with van der Waals surface area (Å²) in [7, 11) is 1.98. The quantitative estimate of drug-likeness (QED) is 0.895. The lowest BCUT2D eigenvalue weighted by Crippen LogP contribution is -2.44. The van der Waals surface area contributed by atoms with Gasteiger partial charge in [-0.1, -0.05) is 27.2 Å². The van der Waals surface area contributed by atoms with Crippen molar-refractivity contribution in [3.63, 3.8) is 0 Å². The van der Waals surface area contributed by atoms with Crippen LogP contribution >= 0.6 is 0 Å². The monoisotopic (exact) mass is 249 g/mol. The van der Waals surface area contributed by atoms with Crippen LogP contribution in [0.25, 0.3) is 0 Å². The normalized spacial score (nSPS) is 29.5. The fraction of sp³-hybridized carbons (Fsp3) is 0.800. The second-order valence-electron chi connectivity index (χ2n) is 6.88. The third-order valence-electron chi connectivity index (χ3n) is 4.58. The Morgan fingerprint density at radius 2 is 2.17 bits per heavy atom. The van der Waals surface area contributed by atoms with Gasteiger partial charge in [0.15, 0.2) is 0 Å². The van der Waals surface area contributed by atoms with Gasteiger partial charge in [-0.3, -0.25) is 4.68 Å². The molecule has 3 nitrogen and oxygen atoms in total. The van der Waals surface area contributed by atoms with Gasteiger partial charge in [0.05, 0.1) is 6.20 Å². The molecule has 3 atom stereocenters. The summed E-state index contributed by atoms with van der Waals surface area (Å²) in [4.78, 5) is 0. The molecular weight excluding hydrogens is 222 g/mol. The molecule has 0 spiro atoms. The van der Waals surface area contributed by atoms with Gasteiger partial charge in [0.2, 0.25) is 0 Å². The zero-order valence-corrected chi connectivity index (χ0v) is 12.2.